The Morgan fingerprint density at radius 3 is 2.50 bits per heavy atom. The van der Waals surface area contributed by atoms with E-state index in [1.807, 2.05) is 0 Å². The van der Waals surface area contributed by atoms with Gasteiger partial charge in [-0.2, -0.15) is 0 Å². The molecule has 1 aromatic rings. The Labute approximate surface area is 67.1 Å². The van der Waals surface area contributed by atoms with Gasteiger partial charge in [-0.3, -0.25) is 9.78 Å². The molecule has 0 aromatic carbocycles. The summed E-state index contributed by atoms with van der Waals surface area (Å²) in [7, 11) is 0. The van der Waals surface area contributed by atoms with Crippen molar-refractivity contribution in [1.29, 1.82) is 0 Å². The summed E-state index contributed by atoms with van der Waals surface area (Å²) in [5.41, 5.74) is 8.97. The number of anilines is 2. The van der Waals surface area contributed by atoms with Crippen LogP contribution in [0.25, 0.3) is 6.20 Å². The second-order valence-corrected chi connectivity index (χ2v) is 2.12. The smallest absolute Gasteiger partial charge is 0.334 e. The topological polar surface area (TPSA) is 107 Å². The van der Waals surface area contributed by atoms with Crippen LogP contribution >= 0.6 is 0 Å². The van der Waals surface area contributed by atoms with E-state index in [0.29, 0.717) is 0 Å². The molecule has 1 rings (SSSR count). The average molecular weight is 168 g/mol. The summed E-state index contributed by atoms with van der Waals surface area (Å²) >= 11 is 0. The van der Waals surface area contributed by atoms with Crippen LogP contribution in [0.4, 0.5) is 11.5 Å². The molecule has 0 saturated carbocycles. The summed E-state index contributed by atoms with van der Waals surface area (Å²) in [5, 5.41) is 0. The summed E-state index contributed by atoms with van der Waals surface area (Å²) in [6.07, 6.45) is 1.07. The summed E-state index contributed by atoms with van der Waals surface area (Å²) in [6, 6.07) is 0. The Hall–Kier alpha value is -1.98. The predicted molar refractivity (Wildman–Crippen MR) is 46.5 cm³/mol. The van der Waals surface area contributed by atoms with Crippen molar-refractivity contribution in [2.75, 3.05) is 11.5 Å². The van der Waals surface area contributed by atoms with Crippen LogP contribution in [-0.2, 0) is 0 Å². The minimum Gasteiger partial charge on any atom is -0.391 e. The first kappa shape index (κ1) is 8.12. The lowest BCUT2D eigenvalue weighted by Gasteiger charge is -2.00. The SMILES string of the molecule is C=Cn1c(=O)[nH]c(N)c(N)c1=O. The largest absolute Gasteiger partial charge is 0.391 e. The number of nitrogens with two attached hydrogens (primary N) is 2. The van der Waals surface area contributed by atoms with Crippen LogP contribution in [0.3, 0.4) is 0 Å². The molecule has 0 atom stereocenters. The number of aromatic amines is 1. The molecule has 0 aliphatic rings. The number of nitrogens with zero attached hydrogens (tertiary/aromatic N) is 1. The Morgan fingerprint density at radius 1 is 1.42 bits per heavy atom. The highest BCUT2D eigenvalue weighted by Gasteiger charge is 2.05. The van der Waals surface area contributed by atoms with Crippen molar-refractivity contribution in [2.45, 2.75) is 0 Å². The molecular formula is C6H8N4O2. The van der Waals surface area contributed by atoms with Gasteiger partial charge in [0.05, 0.1) is 0 Å². The number of rotatable bonds is 1. The molecule has 0 unspecified atom stereocenters. The van der Waals surface area contributed by atoms with Crippen molar-refractivity contribution in [3.63, 3.8) is 0 Å². The molecule has 64 valence electrons. The van der Waals surface area contributed by atoms with Gasteiger partial charge in [-0.05, 0) is 0 Å². The van der Waals surface area contributed by atoms with Crippen LogP contribution in [0.2, 0.25) is 0 Å². The third kappa shape index (κ3) is 0.986. The lowest BCUT2D eigenvalue weighted by atomic mass is 10.5. The molecular weight excluding hydrogens is 160 g/mol. The molecule has 0 aliphatic heterocycles. The van der Waals surface area contributed by atoms with E-state index in [9.17, 15) is 9.59 Å². The monoisotopic (exact) mass is 168 g/mol. The van der Waals surface area contributed by atoms with Gasteiger partial charge in [0.25, 0.3) is 5.56 Å². The maximum atomic E-state index is 11.1. The van der Waals surface area contributed by atoms with E-state index < -0.39 is 11.2 Å². The highest BCUT2D eigenvalue weighted by atomic mass is 16.2. The molecule has 0 spiro atoms. The highest BCUT2D eigenvalue weighted by Crippen LogP contribution is 1.98. The van der Waals surface area contributed by atoms with Crippen LogP contribution in [-0.4, -0.2) is 9.55 Å². The molecule has 6 heteroatoms. The maximum absolute atomic E-state index is 11.1. The van der Waals surface area contributed by atoms with Gasteiger partial charge in [0, 0.05) is 6.20 Å². The van der Waals surface area contributed by atoms with E-state index in [1.54, 1.807) is 0 Å². The zero-order valence-electron chi connectivity index (χ0n) is 6.20. The van der Waals surface area contributed by atoms with Gasteiger partial charge in [0.1, 0.15) is 11.5 Å². The summed E-state index contributed by atoms with van der Waals surface area (Å²) in [5.74, 6) is -0.122. The average Bonchev–Trinajstić information content (AvgIpc) is 2.01. The minimum atomic E-state index is -0.661. The molecule has 0 bridgehead atoms. The molecule has 0 amide bonds. The molecule has 0 fully saturated rings. The second-order valence-electron chi connectivity index (χ2n) is 2.12. The van der Waals surface area contributed by atoms with Gasteiger partial charge in [-0.25, -0.2) is 9.36 Å². The first-order chi connectivity index (χ1) is 5.57. The predicted octanol–water partition coefficient (Wildman–Crippen LogP) is -1.20. The van der Waals surface area contributed by atoms with Crippen molar-refractivity contribution < 1.29 is 0 Å². The van der Waals surface area contributed by atoms with E-state index >= 15 is 0 Å². The summed E-state index contributed by atoms with van der Waals surface area (Å²) in [6.45, 7) is 3.27. The molecule has 1 heterocycles. The summed E-state index contributed by atoms with van der Waals surface area (Å²) < 4.78 is 0.742. The maximum Gasteiger partial charge on any atom is 0.334 e. The fourth-order valence-electron chi connectivity index (χ4n) is 0.746. The minimum absolute atomic E-state index is 0.122. The third-order valence-electron chi connectivity index (χ3n) is 1.38. The van der Waals surface area contributed by atoms with Crippen LogP contribution in [0, 0.1) is 0 Å². The number of hydrogen-bond donors (Lipinski definition) is 3. The number of aromatic nitrogens is 2. The lowest BCUT2D eigenvalue weighted by Crippen LogP contribution is -2.34. The van der Waals surface area contributed by atoms with Crippen LogP contribution in [0.15, 0.2) is 16.2 Å². The Morgan fingerprint density at radius 2 is 2.00 bits per heavy atom. The van der Waals surface area contributed by atoms with E-state index in [0.717, 1.165) is 10.8 Å². The van der Waals surface area contributed by atoms with E-state index in [1.165, 1.54) is 0 Å². The van der Waals surface area contributed by atoms with E-state index in [4.69, 9.17) is 11.5 Å². The second kappa shape index (κ2) is 2.57. The van der Waals surface area contributed by atoms with Gasteiger partial charge < -0.3 is 11.5 Å². The number of nitrogens with one attached hydrogen (secondary N) is 1. The van der Waals surface area contributed by atoms with Crippen molar-refractivity contribution in [3.05, 3.63) is 27.4 Å². The van der Waals surface area contributed by atoms with Gasteiger partial charge in [-0.1, -0.05) is 6.58 Å². The zero-order valence-corrected chi connectivity index (χ0v) is 6.20. The van der Waals surface area contributed by atoms with Crippen LogP contribution in [0.5, 0.6) is 0 Å². The Kier molecular flexibility index (Phi) is 1.74. The van der Waals surface area contributed by atoms with E-state index in [2.05, 4.69) is 11.6 Å². The molecule has 1 aromatic heterocycles. The van der Waals surface area contributed by atoms with Gasteiger partial charge in [0.2, 0.25) is 0 Å². The number of hydrogen-bond acceptors (Lipinski definition) is 4. The van der Waals surface area contributed by atoms with Crippen molar-refractivity contribution in [3.8, 4) is 0 Å². The zero-order chi connectivity index (χ0) is 9.30. The molecule has 12 heavy (non-hydrogen) atoms. The van der Waals surface area contributed by atoms with Gasteiger partial charge in [-0.15, -0.1) is 0 Å². The van der Waals surface area contributed by atoms with Crippen LogP contribution in [0.1, 0.15) is 0 Å². The van der Waals surface area contributed by atoms with E-state index in [-0.39, 0.29) is 11.5 Å². The molecule has 0 saturated heterocycles. The van der Waals surface area contributed by atoms with Crippen molar-refractivity contribution in [1.82, 2.24) is 9.55 Å². The fraction of sp³-hybridized carbons (Fsp3) is 0. The Bertz CT molecular complexity index is 428. The molecule has 5 N–H and O–H groups in total. The molecule has 0 radical (unpaired) electrons. The van der Waals surface area contributed by atoms with Crippen molar-refractivity contribution in [2.24, 2.45) is 0 Å². The standard InChI is InChI=1S/C6H8N4O2/c1-2-10-5(11)3(7)4(8)9-6(10)12/h2H,1,7-8H2,(H,9,12). The van der Waals surface area contributed by atoms with Crippen molar-refractivity contribution >= 4 is 17.7 Å². The van der Waals surface area contributed by atoms with Crippen LogP contribution < -0.4 is 22.7 Å². The Balaban J connectivity index is 3.75. The number of H-pyrrole nitrogens is 1. The molecule has 0 aliphatic carbocycles. The fourth-order valence-corrected chi connectivity index (χ4v) is 0.746. The molecule has 6 nitrogen and oxygen atoms in total. The first-order valence-corrected chi connectivity index (χ1v) is 3.10. The normalized spacial score (nSPS) is 9.67. The summed E-state index contributed by atoms with van der Waals surface area (Å²) in [4.78, 5) is 24.2. The lowest BCUT2D eigenvalue weighted by molar-refractivity contribution is 0.933. The quantitative estimate of drug-likeness (QED) is 0.489. The highest BCUT2D eigenvalue weighted by molar-refractivity contribution is 5.56. The van der Waals surface area contributed by atoms with Gasteiger partial charge in [0.15, 0.2) is 0 Å². The number of nitrogen functional groups attached to an aromatic ring is 2. The third-order valence-corrected chi connectivity index (χ3v) is 1.38. The van der Waals surface area contributed by atoms with Gasteiger partial charge >= 0.3 is 5.69 Å². The first-order valence-electron chi connectivity index (χ1n) is 3.10.